The first-order valence-corrected chi connectivity index (χ1v) is 9.26. The van der Waals surface area contributed by atoms with Gasteiger partial charge < -0.3 is 19.5 Å². The van der Waals surface area contributed by atoms with Crippen LogP contribution in [-0.2, 0) is 6.54 Å². The fourth-order valence-corrected chi connectivity index (χ4v) is 3.58. The van der Waals surface area contributed by atoms with Crippen LogP contribution in [0.5, 0.6) is 5.75 Å². The summed E-state index contributed by atoms with van der Waals surface area (Å²) in [5.74, 6) is 0.800. The highest BCUT2D eigenvalue weighted by Crippen LogP contribution is 2.32. The van der Waals surface area contributed by atoms with Crippen LogP contribution in [0.25, 0.3) is 0 Å². The summed E-state index contributed by atoms with van der Waals surface area (Å²) in [5, 5.41) is 3.03. The van der Waals surface area contributed by atoms with Gasteiger partial charge in [0.25, 0.3) is 0 Å². The molecule has 1 aromatic heterocycles. The quantitative estimate of drug-likeness (QED) is 0.742. The molecule has 1 N–H and O–H groups in total. The zero-order valence-electron chi connectivity index (χ0n) is 15.3. The maximum atomic E-state index is 13.1. The topological polar surface area (TPSA) is 46.5 Å². The number of hydrogen-bond donors (Lipinski definition) is 1. The lowest BCUT2D eigenvalue weighted by Crippen LogP contribution is -2.44. The molecule has 0 radical (unpaired) electrons. The van der Waals surface area contributed by atoms with E-state index in [4.69, 9.17) is 4.74 Å². The molecule has 1 atom stereocenters. The normalized spacial score (nSPS) is 15.9. The molecule has 0 saturated carbocycles. The first-order valence-electron chi connectivity index (χ1n) is 9.26. The number of anilines is 1. The fraction of sp³-hybridized carbons (Fsp3) is 0.227. The number of ether oxygens (including phenoxy) is 1. The summed E-state index contributed by atoms with van der Waals surface area (Å²) in [6.45, 7) is 4.02. The molecule has 1 aliphatic heterocycles. The van der Waals surface area contributed by atoms with Crippen LogP contribution in [0.3, 0.4) is 0 Å². The van der Waals surface area contributed by atoms with Gasteiger partial charge in [-0.1, -0.05) is 30.3 Å². The van der Waals surface area contributed by atoms with Gasteiger partial charge in [-0.15, -0.1) is 0 Å². The van der Waals surface area contributed by atoms with Gasteiger partial charge in [-0.2, -0.15) is 0 Å². The van der Waals surface area contributed by atoms with E-state index in [0.717, 1.165) is 29.2 Å². The molecule has 5 nitrogen and oxygen atoms in total. The summed E-state index contributed by atoms with van der Waals surface area (Å²) < 4.78 is 7.68. The van der Waals surface area contributed by atoms with E-state index < -0.39 is 0 Å². The fourth-order valence-electron chi connectivity index (χ4n) is 3.58. The predicted octanol–water partition coefficient (Wildman–Crippen LogP) is 4.52. The van der Waals surface area contributed by atoms with Crippen molar-refractivity contribution in [2.45, 2.75) is 19.5 Å². The van der Waals surface area contributed by atoms with Crippen LogP contribution >= 0.6 is 0 Å². The van der Waals surface area contributed by atoms with Crippen LogP contribution in [0.15, 0.2) is 72.9 Å². The van der Waals surface area contributed by atoms with Gasteiger partial charge in [0.2, 0.25) is 0 Å². The van der Waals surface area contributed by atoms with E-state index in [9.17, 15) is 4.79 Å². The van der Waals surface area contributed by atoms with Crippen molar-refractivity contribution in [2.75, 3.05) is 18.5 Å². The molecule has 2 amide bonds. The van der Waals surface area contributed by atoms with Crippen molar-refractivity contribution in [3.05, 3.63) is 84.2 Å². The number of amides is 2. The summed E-state index contributed by atoms with van der Waals surface area (Å²) in [6.07, 6.45) is 2.08. The lowest BCUT2D eigenvalue weighted by molar-refractivity contribution is 0.182. The molecule has 5 heteroatoms. The maximum Gasteiger partial charge on any atom is 0.322 e. The van der Waals surface area contributed by atoms with Crippen LogP contribution in [0.2, 0.25) is 0 Å². The Morgan fingerprint density at radius 1 is 1.04 bits per heavy atom. The molecule has 0 aliphatic carbocycles. The third kappa shape index (κ3) is 3.53. The number of rotatable bonds is 4. The van der Waals surface area contributed by atoms with Crippen molar-refractivity contribution in [3.8, 4) is 5.75 Å². The Morgan fingerprint density at radius 3 is 2.56 bits per heavy atom. The molecule has 2 heterocycles. The third-order valence-corrected chi connectivity index (χ3v) is 4.83. The molecule has 1 unspecified atom stereocenters. The Kier molecular flexibility index (Phi) is 4.83. The summed E-state index contributed by atoms with van der Waals surface area (Å²) in [5.41, 5.74) is 3.00. The highest BCUT2D eigenvalue weighted by Gasteiger charge is 2.32. The third-order valence-electron chi connectivity index (χ3n) is 4.83. The molecule has 0 spiro atoms. The molecule has 3 aromatic rings. The Balaban J connectivity index is 1.58. The number of carbonyl (C=O) groups is 1. The summed E-state index contributed by atoms with van der Waals surface area (Å²) in [6, 6.07) is 21.6. The van der Waals surface area contributed by atoms with Crippen molar-refractivity contribution < 1.29 is 9.53 Å². The SMILES string of the molecule is CCOc1ccc(NC(=O)N2CCn3cccc3C2c2ccccc2)cc1. The van der Waals surface area contributed by atoms with Gasteiger partial charge in [0.15, 0.2) is 0 Å². The molecule has 138 valence electrons. The average Bonchev–Trinajstić information content (AvgIpc) is 3.18. The molecule has 0 fully saturated rings. The second-order valence-corrected chi connectivity index (χ2v) is 6.52. The molecule has 4 rings (SSSR count). The number of aromatic nitrogens is 1. The Morgan fingerprint density at radius 2 is 1.81 bits per heavy atom. The smallest absolute Gasteiger partial charge is 0.322 e. The van der Waals surface area contributed by atoms with E-state index in [1.54, 1.807) is 0 Å². The second-order valence-electron chi connectivity index (χ2n) is 6.52. The van der Waals surface area contributed by atoms with Gasteiger partial charge in [-0.05, 0) is 48.9 Å². The molecular formula is C22H23N3O2. The minimum Gasteiger partial charge on any atom is -0.494 e. The van der Waals surface area contributed by atoms with Gasteiger partial charge in [0, 0.05) is 30.7 Å². The van der Waals surface area contributed by atoms with Crippen LogP contribution < -0.4 is 10.1 Å². The molecule has 27 heavy (non-hydrogen) atoms. The Labute approximate surface area is 159 Å². The predicted molar refractivity (Wildman–Crippen MR) is 106 cm³/mol. The van der Waals surface area contributed by atoms with Gasteiger partial charge in [0.05, 0.1) is 12.6 Å². The van der Waals surface area contributed by atoms with Crippen LogP contribution in [0.4, 0.5) is 10.5 Å². The first kappa shape index (κ1) is 17.2. The standard InChI is InChI=1S/C22H23N3O2/c1-2-27-19-12-10-18(11-13-19)23-22(26)25-16-15-24-14-6-9-20(24)21(25)17-7-4-3-5-8-17/h3-14,21H,2,15-16H2,1H3,(H,23,26). The molecule has 0 saturated heterocycles. The van der Waals surface area contributed by atoms with E-state index in [2.05, 4.69) is 34.3 Å². The highest BCUT2D eigenvalue weighted by atomic mass is 16.5. The summed E-state index contributed by atoms with van der Waals surface area (Å²) >= 11 is 0. The lowest BCUT2D eigenvalue weighted by Gasteiger charge is -2.37. The average molecular weight is 361 g/mol. The van der Waals surface area contributed by atoms with Crippen molar-refractivity contribution >= 4 is 11.7 Å². The van der Waals surface area contributed by atoms with E-state index in [1.807, 2.05) is 60.4 Å². The van der Waals surface area contributed by atoms with Crippen molar-refractivity contribution in [1.82, 2.24) is 9.47 Å². The minimum absolute atomic E-state index is 0.0968. The highest BCUT2D eigenvalue weighted by molar-refractivity contribution is 5.90. The number of benzene rings is 2. The van der Waals surface area contributed by atoms with Gasteiger partial charge in [0.1, 0.15) is 5.75 Å². The number of nitrogens with one attached hydrogen (secondary N) is 1. The monoisotopic (exact) mass is 361 g/mol. The van der Waals surface area contributed by atoms with Crippen molar-refractivity contribution in [1.29, 1.82) is 0 Å². The minimum atomic E-state index is -0.0994. The second kappa shape index (κ2) is 7.58. The zero-order chi connectivity index (χ0) is 18.6. The van der Waals surface area contributed by atoms with E-state index >= 15 is 0 Å². The van der Waals surface area contributed by atoms with Crippen LogP contribution in [0, 0.1) is 0 Å². The van der Waals surface area contributed by atoms with Crippen LogP contribution in [0.1, 0.15) is 24.2 Å². The maximum absolute atomic E-state index is 13.1. The van der Waals surface area contributed by atoms with Crippen molar-refractivity contribution in [3.63, 3.8) is 0 Å². The number of nitrogens with zero attached hydrogens (tertiary/aromatic N) is 2. The number of hydrogen-bond acceptors (Lipinski definition) is 2. The number of urea groups is 1. The van der Waals surface area contributed by atoms with Gasteiger partial charge >= 0.3 is 6.03 Å². The van der Waals surface area contributed by atoms with E-state index in [-0.39, 0.29) is 12.1 Å². The van der Waals surface area contributed by atoms with Crippen LogP contribution in [-0.4, -0.2) is 28.6 Å². The molecule has 2 aromatic carbocycles. The first-order chi connectivity index (χ1) is 13.3. The zero-order valence-corrected chi connectivity index (χ0v) is 15.3. The van der Waals surface area contributed by atoms with Gasteiger partial charge in [-0.3, -0.25) is 0 Å². The molecular weight excluding hydrogens is 338 g/mol. The number of carbonyl (C=O) groups excluding carboxylic acids is 1. The van der Waals surface area contributed by atoms with E-state index in [0.29, 0.717) is 13.2 Å². The molecule has 1 aliphatic rings. The largest absolute Gasteiger partial charge is 0.494 e. The van der Waals surface area contributed by atoms with Crippen molar-refractivity contribution in [2.24, 2.45) is 0 Å². The summed E-state index contributed by atoms with van der Waals surface area (Å²) in [7, 11) is 0. The van der Waals surface area contributed by atoms with E-state index in [1.165, 1.54) is 0 Å². The Hall–Kier alpha value is -3.21. The Bertz CT molecular complexity index is 903. The molecule has 0 bridgehead atoms. The number of fused-ring (bicyclic) bond motifs is 1. The van der Waals surface area contributed by atoms with Gasteiger partial charge in [-0.25, -0.2) is 4.79 Å². The lowest BCUT2D eigenvalue weighted by atomic mass is 10.0. The summed E-state index contributed by atoms with van der Waals surface area (Å²) in [4.78, 5) is 15.0.